The van der Waals surface area contributed by atoms with Crippen LogP contribution in [0.3, 0.4) is 0 Å². The number of nitrogens with zero attached hydrogens (tertiary/aromatic N) is 3. The van der Waals surface area contributed by atoms with E-state index < -0.39 is 10.0 Å². The number of H-pyrrole nitrogens is 1. The Labute approximate surface area is 128 Å². The summed E-state index contributed by atoms with van der Waals surface area (Å²) in [6.07, 6.45) is 3.27. The number of hydrogen-bond donors (Lipinski definition) is 2. The fourth-order valence-electron chi connectivity index (χ4n) is 2.51. The number of anilines is 1. The van der Waals surface area contributed by atoms with E-state index in [2.05, 4.69) is 20.3 Å². The van der Waals surface area contributed by atoms with Crippen molar-refractivity contribution in [3.05, 3.63) is 18.6 Å². The van der Waals surface area contributed by atoms with Gasteiger partial charge < -0.3 is 15.0 Å². The molecule has 0 unspecified atom stereocenters. The maximum absolute atomic E-state index is 12.1. The number of aromatic amines is 1. The summed E-state index contributed by atoms with van der Waals surface area (Å²) in [5, 5.41) is 4.18. The zero-order valence-corrected chi connectivity index (χ0v) is 13.3. The first-order valence-corrected chi connectivity index (χ1v) is 8.61. The summed E-state index contributed by atoms with van der Waals surface area (Å²) >= 11 is 0. The molecule has 0 amide bonds. The van der Waals surface area contributed by atoms with Gasteiger partial charge >= 0.3 is 0 Å². The van der Waals surface area contributed by atoms with Gasteiger partial charge in [-0.2, -0.15) is 0 Å². The zero-order chi connectivity index (χ0) is 15.7. The third-order valence-corrected chi connectivity index (χ3v) is 5.82. The van der Waals surface area contributed by atoms with E-state index in [4.69, 9.17) is 4.74 Å². The van der Waals surface area contributed by atoms with Crippen molar-refractivity contribution in [2.75, 3.05) is 38.4 Å². The van der Waals surface area contributed by atoms with Gasteiger partial charge in [0.15, 0.2) is 0 Å². The predicted octanol–water partition coefficient (Wildman–Crippen LogP) is 0.276. The molecule has 0 aliphatic carbocycles. The third-order valence-electron chi connectivity index (χ3n) is 3.86. The molecule has 0 spiro atoms. The van der Waals surface area contributed by atoms with Crippen LogP contribution in [-0.4, -0.2) is 66.8 Å². The number of sulfonamides is 1. The van der Waals surface area contributed by atoms with Gasteiger partial charge in [-0.3, -0.25) is 0 Å². The van der Waals surface area contributed by atoms with Crippen LogP contribution in [0.5, 0.6) is 0 Å². The van der Waals surface area contributed by atoms with Crippen molar-refractivity contribution in [2.45, 2.75) is 6.04 Å². The molecule has 1 fully saturated rings. The molecule has 3 rings (SSSR count). The Hall–Kier alpha value is -1.71. The molecule has 1 aliphatic rings. The lowest BCUT2D eigenvalue weighted by atomic mass is 10.1. The van der Waals surface area contributed by atoms with Crippen molar-refractivity contribution < 1.29 is 13.2 Å². The average Bonchev–Trinajstić information content (AvgIpc) is 3.08. The van der Waals surface area contributed by atoms with Crippen LogP contribution >= 0.6 is 0 Å². The molecule has 1 aliphatic heterocycles. The van der Waals surface area contributed by atoms with Crippen molar-refractivity contribution in [1.29, 1.82) is 0 Å². The number of ether oxygens (including phenoxy) is 1. The van der Waals surface area contributed by atoms with Gasteiger partial charge in [-0.25, -0.2) is 22.7 Å². The lowest BCUT2D eigenvalue weighted by molar-refractivity contribution is 0.187. The Kier molecular flexibility index (Phi) is 4.02. The van der Waals surface area contributed by atoms with Gasteiger partial charge in [-0.05, 0) is 6.07 Å². The van der Waals surface area contributed by atoms with Crippen LogP contribution in [0.25, 0.3) is 11.0 Å². The Morgan fingerprint density at radius 3 is 3.00 bits per heavy atom. The van der Waals surface area contributed by atoms with Crippen molar-refractivity contribution >= 4 is 26.9 Å². The number of fused-ring (bicyclic) bond motifs is 1. The van der Waals surface area contributed by atoms with E-state index in [0.29, 0.717) is 19.0 Å². The molecule has 3 heterocycles. The van der Waals surface area contributed by atoms with E-state index in [1.165, 1.54) is 10.6 Å². The van der Waals surface area contributed by atoms with E-state index in [9.17, 15) is 8.42 Å². The summed E-state index contributed by atoms with van der Waals surface area (Å²) in [6, 6.07) is 1.79. The summed E-state index contributed by atoms with van der Waals surface area (Å²) in [7, 11) is -0.178. The highest BCUT2D eigenvalue weighted by molar-refractivity contribution is 7.89. The number of hydrogen-bond acceptors (Lipinski definition) is 6. The SMILES string of the molecule is CN(C)S(=O)(=O)C[C@@H]1COC[C@H]1Nc1ncnc2[nH]ccc12. The number of aromatic nitrogens is 3. The zero-order valence-electron chi connectivity index (χ0n) is 12.5. The molecule has 2 aromatic heterocycles. The Bertz CT molecular complexity index is 758. The van der Waals surface area contributed by atoms with Crippen LogP contribution < -0.4 is 5.32 Å². The molecule has 120 valence electrons. The summed E-state index contributed by atoms with van der Waals surface area (Å²) in [4.78, 5) is 11.4. The van der Waals surface area contributed by atoms with Crippen molar-refractivity contribution in [3.63, 3.8) is 0 Å². The van der Waals surface area contributed by atoms with Gasteiger partial charge in [0.1, 0.15) is 17.8 Å². The molecule has 1 saturated heterocycles. The van der Waals surface area contributed by atoms with E-state index >= 15 is 0 Å². The summed E-state index contributed by atoms with van der Waals surface area (Å²) < 4.78 is 30.8. The number of rotatable bonds is 5. The summed E-state index contributed by atoms with van der Waals surface area (Å²) in [5.41, 5.74) is 0.744. The molecule has 0 radical (unpaired) electrons. The molecule has 0 aromatic carbocycles. The molecular weight excluding hydrogens is 306 g/mol. The molecular formula is C13H19N5O3S. The molecule has 2 N–H and O–H groups in total. The van der Waals surface area contributed by atoms with Gasteiger partial charge in [-0.15, -0.1) is 0 Å². The highest BCUT2D eigenvalue weighted by atomic mass is 32.2. The second kappa shape index (κ2) is 5.82. The van der Waals surface area contributed by atoms with Crippen LogP contribution in [0, 0.1) is 5.92 Å². The maximum Gasteiger partial charge on any atom is 0.214 e. The molecule has 0 bridgehead atoms. The first-order chi connectivity index (χ1) is 10.5. The van der Waals surface area contributed by atoms with Gasteiger partial charge in [0, 0.05) is 26.2 Å². The van der Waals surface area contributed by atoms with Gasteiger partial charge in [0.05, 0.1) is 30.4 Å². The van der Waals surface area contributed by atoms with Gasteiger partial charge in [0.25, 0.3) is 0 Å². The minimum atomic E-state index is -3.26. The molecule has 2 aromatic rings. The predicted molar refractivity (Wildman–Crippen MR) is 83.1 cm³/mol. The first kappa shape index (κ1) is 15.2. The Balaban J connectivity index is 1.78. The van der Waals surface area contributed by atoms with E-state index in [1.54, 1.807) is 20.3 Å². The van der Waals surface area contributed by atoms with Gasteiger partial charge in [-0.1, -0.05) is 0 Å². The average molecular weight is 325 g/mol. The highest BCUT2D eigenvalue weighted by Gasteiger charge is 2.33. The second-order valence-corrected chi connectivity index (χ2v) is 7.80. The topological polar surface area (TPSA) is 100 Å². The standard InChI is InChI=1S/C13H19N5O3S/c1-18(2)22(19,20)7-9-5-21-6-11(9)17-13-10-3-4-14-12(10)15-8-16-13/h3-4,8-9,11H,5-7H2,1-2H3,(H2,14,15,16,17)/t9-,11+/m0/s1. The molecule has 22 heavy (non-hydrogen) atoms. The van der Waals surface area contributed by atoms with Crippen molar-refractivity contribution in [1.82, 2.24) is 19.3 Å². The smallest absolute Gasteiger partial charge is 0.214 e. The highest BCUT2D eigenvalue weighted by Crippen LogP contribution is 2.24. The monoisotopic (exact) mass is 325 g/mol. The first-order valence-electron chi connectivity index (χ1n) is 7.00. The van der Waals surface area contributed by atoms with Crippen molar-refractivity contribution in [3.8, 4) is 0 Å². The van der Waals surface area contributed by atoms with Crippen LogP contribution in [0.2, 0.25) is 0 Å². The summed E-state index contributed by atoms with van der Waals surface area (Å²) in [5.74, 6) is 0.629. The molecule has 2 atom stereocenters. The molecule has 9 heteroatoms. The molecule has 0 saturated carbocycles. The third kappa shape index (κ3) is 2.92. The normalized spacial score (nSPS) is 22.5. The maximum atomic E-state index is 12.1. The Morgan fingerprint density at radius 2 is 2.23 bits per heavy atom. The minimum Gasteiger partial charge on any atom is -0.379 e. The number of nitrogens with one attached hydrogen (secondary N) is 2. The van der Waals surface area contributed by atoms with Crippen LogP contribution in [-0.2, 0) is 14.8 Å². The lowest BCUT2D eigenvalue weighted by Crippen LogP contribution is -2.37. The summed E-state index contributed by atoms with van der Waals surface area (Å²) in [6.45, 7) is 0.885. The fourth-order valence-corrected chi connectivity index (χ4v) is 3.67. The van der Waals surface area contributed by atoms with E-state index in [1.807, 2.05) is 6.07 Å². The van der Waals surface area contributed by atoms with Crippen LogP contribution in [0.1, 0.15) is 0 Å². The fraction of sp³-hybridized carbons (Fsp3) is 0.538. The minimum absolute atomic E-state index is 0.0546. The quantitative estimate of drug-likeness (QED) is 0.819. The van der Waals surface area contributed by atoms with Gasteiger partial charge in [0.2, 0.25) is 10.0 Å². The van der Waals surface area contributed by atoms with E-state index in [-0.39, 0.29) is 17.7 Å². The lowest BCUT2D eigenvalue weighted by Gasteiger charge is -2.21. The van der Waals surface area contributed by atoms with E-state index in [0.717, 1.165) is 11.0 Å². The van der Waals surface area contributed by atoms with Crippen LogP contribution in [0.15, 0.2) is 18.6 Å². The second-order valence-electron chi connectivity index (χ2n) is 5.57. The Morgan fingerprint density at radius 1 is 1.41 bits per heavy atom. The largest absolute Gasteiger partial charge is 0.379 e. The van der Waals surface area contributed by atoms with Crippen LogP contribution in [0.4, 0.5) is 5.82 Å². The van der Waals surface area contributed by atoms with Crippen molar-refractivity contribution in [2.24, 2.45) is 5.92 Å². The molecule has 8 nitrogen and oxygen atoms in total.